The van der Waals surface area contributed by atoms with E-state index in [4.69, 9.17) is 4.74 Å². The largest absolute Gasteiger partial charge is 0.453 e. The molecule has 5 heteroatoms. The van der Waals surface area contributed by atoms with E-state index in [1.165, 1.54) is 21.8 Å². The second-order valence-electron chi connectivity index (χ2n) is 15.3. The maximum atomic E-state index is 14.1. The van der Waals surface area contributed by atoms with Crippen LogP contribution in [-0.2, 0) is 0 Å². The van der Waals surface area contributed by atoms with Crippen molar-refractivity contribution in [1.29, 1.82) is 0 Å². The third-order valence-corrected chi connectivity index (χ3v) is 11.9. The SMILES string of the molecule is O=C(c1ccc(N2c3ccccc3Oc3ccccc32)cc1)c1ccc2c(c1)c1ccccc1n2-c1ccc(-c2ccc(-n3c4ccccc4c4ccccc43)cc2)cc1. The summed E-state index contributed by atoms with van der Waals surface area (Å²) in [4.78, 5) is 16.3. The number of aromatic nitrogens is 2. The number of ether oxygens (including phenoxy) is 1. The van der Waals surface area contributed by atoms with Gasteiger partial charge in [0.1, 0.15) is 0 Å². The van der Waals surface area contributed by atoms with Crippen molar-refractivity contribution >= 4 is 66.5 Å². The van der Waals surface area contributed by atoms with Crippen LogP contribution >= 0.6 is 0 Å². The van der Waals surface area contributed by atoms with Crippen LogP contribution in [0.25, 0.3) is 66.1 Å². The molecule has 0 aliphatic carbocycles. The number of para-hydroxylation sites is 7. The highest BCUT2D eigenvalue weighted by atomic mass is 16.5. The van der Waals surface area contributed by atoms with Gasteiger partial charge in [-0.05, 0) is 120 Å². The van der Waals surface area contributed by atoms with Crippen LogP contribution in [-0.4, -0.2) is 14.9 Å². The van der Waals surface area contributed by atoms with Gasteiger partial charge in [0.15, 0.2) is 17.3 Å². The van der Waals surface area contributed by atoms with Crippen LogP contribution in [0.4, 0.5) is 17.1 Å². The molecule has 5 nitrogen and oxygen atoms in total. The van der Waals surface area contributed by atoms with Crippen molar-refractivity contribution in [2.75, 3.05) is 4.90 Å². The second kappa shape index (κ2) is 13.5. The zero-order chi connectivity index (χ0) is 39.7. The van der Waals surface area contributed by atoms with Gasteiger partial charge in [-0.2, -0.15) is 0 Å². The van der Waals surface area contributed by atoms with Crippen LogP contribution in [0, 0.1) is 0 Å². The number of hydrogen-bond acceptors (Lipinski definition) is 3. The number of anilines is 3. The first-order valence-electron chi connectivity index (χ1n) is 20.2. The highest BCUT2D eigenvalue weighted by molar-refractivity contribution is 6.15. The Hall–Kier alpha value is -8.15. The Kier molecular flexibility index (Phi) is 7.62. The van der Waals surface area contributed by atoms with Gasteiger partial charge in [-0.1, -0.05) is 103 Å². The minimum atomic E-state index is -0.0171. The predicted octanol–water partition coefficient (Wildman–Crippen LogP) is 14.4. The van der Waals surface area contributed by atoms with E-state index < -0.39 is 0 Å². The van der Waals surface area contributed by atoms with Crippen LogP contribution < -0.4 is 9.64 Å². The van der Waals surface area contributed by atoms with E-state index in [0.717, 1.165) is 72.9 Å². The lowest BCUT2D eigenvalue weighted by molar-refractivity contribution is 0.103. The van der Waals surface area contributed by atoms with Crippen molar-refractivity contribution in [2.45, 2.75) is 0 Å². The molecule has 9 aromatic carbocycles. The van der Waals surface area contributed by atoms with E-state index in [-0.39, 0.29) is 5.78 Å². The molecule has 0 amide bonds. The van der Waals surface area contributed by atoms with Crippen molar-refractivity contribution in [3.63, 3.8) is 0 Å². The Labute approximate surface area is 346 Å². The first-order chi connectivity index (χ1) is 29.7. The molecule has 11 aromatic rings. The molecular formula is C55H35N3O2. The quantitative estimate of drug-likeness (QED) is 0.158. The van der Waals surface area contributed by atoms with Gasteiger partial charge in [-0.25, -0.2) is 0 Å². The molecule has 0 N–H and O–H groups in total. The molecule has 1 aliphatic heterocycles. The first kappa shape index (κ1) is 33.9. The number of fused-ring (bicyclic) bond motifs is 8. The van der Waals surface area contributed by atoms with E-state index in [2.05, 4.69) is 154 Å². The Bertz CT molecular complexity index is 3370. The molecule has 0 spiro atoms. The molecule has 0 fully saturated rings. The topological polar surface area (TPSA) is 39.4 Å². The third-order valence-electron chi connectivity index (χ3n) is 11.9. The molecule has 0 atom stereocenters. The molecular weight excluding hydrogens is 735 g/mol. The van der Waals surface area contributed by atoms with Crippen molar-refractivity contribution < 1.29 is 9.53 Å². The van der Waals surface area contributed by atoms with Crippen LogP contribution in [0.15, 0.2) is 212 Å². The summed E-state index contributed by atoms with van der Waals surface area (Å²) in [5.74, 6) is 1.57. The summed E-state index contributed by atoms with van der Waals surface area (Å²) < 4.78 is 10.8. The monoisotopic (exact) mass is 769 g/mol. The van der Waals surface area contributed by atoms with Crippen molar-refractivity contribution in [1.82, 2.24) is 9.13 Å². The Morgan fingerprint density at radius 2 is 0.750 bits per heavy atom. The molecule has 0 unspecified atom stereocenters. The van der Waals surface area contributed by atoms with Crippen LogP contribution in [0.5, 0.6) is 11.5 Å². The molecule has 12 rings (SSSR count). The summed E-state index contributed by atoms with van der Waals surface area (Å²) in [6.45, 7) is 0. The zero-order valence-electron chi connectivity index (χ0n) is 32.4. The highest BCUT2D eigenvalue weighted by Crippen LogP contribution is 2.50. The van der Waals surface area contributed by atoms with Gasteiger partial charge >= 0.3 is 0 Å². The predicted molar refractivity (Wildman–Crippen MR) is 245 cm³/mol. The molecule has 0 saturated carbocycles. The van der Waals surface area contributed by atoms with Crippen molar-refractivity contribution in [3.05, 3.63) is 223 Å². The van der Waals surface area contributed by atoms with E-state index in [0.29, 0.717) is 11.1 Å². The lowest BCUT2D eigenvalue weighted by Crippen LogP contribution is -2.15. The minimum Gasteiger partial charge on any atom is -0.453 e. The molecule has 282 valence electrons. The summed E-state index contributed by atoms with van der Waals surface area (Å²) in [7, 11) is 0. The molecule has 2 aromatic heterocycles. The smallest absolute Gasteiger partial charge is 0.193 e. The number of ketones is 1. The highest BCUT2D eigenvalue weighted by Gasteiger charge is 2.25. The second-order valence-corrected chi connectivity index (χ2v) is 15.3. The number of benzene rings is 9. The van der Waals surface area contributed by atoms with Gasteiger partial charge in [0, 0.05) is 49.7 Å². The Balaban J connectivity index is 0.851. The van der Waals surface area contributed by atoms with Crippen LogP contribution in [0.2, 0.25) is 0 Å². The Morgan fingerprint density at radius 1 is 0.350 bits per heavy atom. The fourth-order valence-electron chi connectivity index (χ4n) is 9.11. The van der Waals surface area contributed by atoms with E-state index in [1.807, 2.05) is 72.8 Å². The normalized spacial score (nSPS) is 12.2. The zero-order valence-corrected chi connectivity index (χ0v) is 32.4. The van der Waals surface area contributed by atoms with Crippen molar-refractivity contribution in [3.8, 4) is 34.0 Å². The summed E-state index contributed by atoms with van der Waals surface area (Å²) in [5.41, 5.74) is 13.2. The average molecular weight is 770 g/mol. The fraction of sp³-hybridized carbons (Fsp3) is 0. The number of nitrogens with zero attached hydrogens (tertiary/aromatic N) is 3. The summed E-state index contributed by atoms with van der Waals surface area (Å²) in [6, 6.07) is 73.2. The summed E-state index contributed by atoms with van der Waals surface area (Å²) >= 11 is 0. The van der Waals surface area contributed by atoms with Gasteiger partial charge in [0.05, 0.1) is 33.4 Å². The summed E-state index contributed by atoms with van der Waals surface area (Å²) in [6.07, 6.45) is 0. The van der Waals surface area contributed by atoms with Gasteiger partial charge in [0.2, 0.25) is 0 Å². The molecule has 0 radical (unpaired) electrons. The molecule has 1 aliphatic rings. The third kappa shape index (κ3) is 5.30. The van der Waals surface area contributed by atoms with Gasteiger partial charge < -0.3 is 18.8 Å². The van der Waals surface area contributed by atoms with E-state index >= 15 is 0 Å². The molecule has 0 bridgehead atoms. The number of carbonyl (C=O) groups is 1. The van der Waals surface area contributed by atoms with E-state index in [1.54, 1.807) is 0 Å². The van der Waals surface area contributed by atoms with E-state index in [9.17, 15) is 4.79 Å². The van der Waals surface area contributed by atoms with Crippen LogP contribution in [0.3, 0.4) is 0 Å². The number of hydrogen-bond donors (Lipinski definition) is 0. The average Bonchev–Trinajstić information content (AvgIpc) is 3.83. The molecule has 3 heterocycles. The maximum Gasteiger partial charge on any atom is 0.193 e. The van der Waals surface area contributed by atoms with Crippen molar-refractivity contribution in [2.24, 2.45) is 0 Å². The Morgan fingerprint density at radius 3 is 1.27 bits per heavy atom. The first-order valence-corrected chi connectivity index (χ1v) is 20.2. The number of carbonyl (C=O) groups excluding carboxylic acids is 1. The maximum absolute atomic E-state index is 14.1. The van der Waals surface area contributed by atoms with Gasteiger partial charge in [0.25, 0.3) is 0 Å². The lowest BCUT2D eigenvalue weighted by atomic mass is 10.0. The molecule has 60 heavy (non-hydrogen) atoms. The summed E-state index contributed by atoms with van der Waals surface area (Å²) in [5, 5.41) is 4.66. The number of rotatable bonds is 6. The lowest BCUT2D eigenvalue weighted by Gasteiger charge is -2.32. The fourth-order valence-corrected chi connectivity index (χ4v) is 9.11. The standard InChI is InChI=1S/C55H35N3O2/c59-55(38-25-32-42(33-26-38)58-51-17-7-9-19-53(51)60-54-20-10-8-18-52(54)58)39-27-34-50-46(35-39)45-13-3-6-16-49(45)57(50)41-30-23-37(24-31-41)36-21-28-40(29-22-36)56-47-14-4-1-11-43(47)44-12-2-5-15-48(44)56/h1-35H. The minimum absolute atomic E-state index is 0.0171. The molecule has 0 saturated heterocycles. The van der Waals surface area contributed by atoms with Crippen LogP contribution in [0.1, 0.15) is 15.9 Å². The van der Waals surface area contributed by atoms with Gasteiger partial charge in [-0.15, -0.1) is 0 Å². The van der Waals surface area contributed by atoms with Gasteiger partial charge in [-0.3, -0.25) is 4.79 Å².